The smallest absolute Gasteiger partial charge is 0.153 e. The van der Waals surface area contributed by atoms with E-state index in [0.717, 1.165) is 22.5 Å². The van der Waals surface area contributed by atoms with Gasteiger partial charge >= 0.3 is 0 Å². The lowest BCUT2D eigenvalue weighted by Crippen LogP contribution is -1.93. The van der Waals surface area contributed by atoms with E-state index in [4.69, 9.17) is 0 Å². The number of aldehydes is 1. The summed E-state index contributed by atoms with van der Waals surface area (Å²) in [6.07, 6.45) is 2.65. The Morgan fingerprint density at radius 1 is 1.10 bits per heavy atom. The Labute approximate surface area is 129 Å². The number of hydrogen-bond acceptors (Lipinski definition) is 4. The lowest BCUT2D eigenvalue weighted by Gasteiger charge is -1.99. The third-order valence-electron chi connectivity index (χ3n) is 3.26. The highest BCUT2D eigenvalue weighted by Gasteiger charge is 2.14. The SMILES string of the molecule is O=Cc1cn(-c2ccccc2)nc1-c1cc2sccc2s1. The lowest BCUT2D eigenvalue weighted by atomic mass is 10.2. The molecule has 0 bridgehead atoms. The number of fused-ring (bicyclic) bond motifs is 1. The number of carbonyl (C=O) groups excluding carboxylic acids is 1. The Kier molecular flexibility index (Phi) is 2.94. The highest BCUT2D eigenvalue weighted by molar-refractivity contribution is 7.28. The first-order valence-electron chi connectivity index (χ1n) is 6.43. The molecule has 0 spiro atoms. The Balaban J connectivity index is 1.86. The monoisotopic (exact) mass is 310 g/mol. The van der Waals surface area contributed by atoms with Crippen LogP contribution in [0.25, 0.3) is 25.7 Å². The van der Waals surface area contributed by atoms with E-state index in [9.17, 15) is 4.79 Å². The van der Waals surface area contributed by atoms with E-state index in [0.29, 0.717) is 5.56 Å². The quantitative estimate of drug-likeness (QED) is 0.517. The molecule has 0 aliphatic rings. The van der Waals surface area contributed by atoms with Crippen molar-refractivity contribution in [2.75, 3.05) is 0 Å². The molecule has 0 saturated carbocycles. The van der Waals surface area contributed by atoms with Crippen molar-refractivity contribution in [3.8, 4) is 16.3 Å². The van der Waals surface area contributed by atoms with Crippen molar-refractivity contribution in [2.45, 2.75) is 0 Å². The molecule has 21 heavy (non-hydrogen) atoms. The number of para-hydroxylation sites is 1. The molecule has 3 heterocycles. The summed E-state index contributed by atoms with van der Waals surface area (Å²) in [5.74, 6) is 0. The zero-order chi connectivity index (χ0) is 14.2. The first kappa shape index (κ1) is 12.5. The van der Waals surface area contributed by atoms with Gasteiger partial charge in [0, 0.05) is 15.6 Å². The Morgan fingerprint density at radius 2 is 1.95 bits per heavy atom. The van der Waals surface area contributed by atoms with Crippen molar-refractivity contribution in [3.05, 3.63) is 59.6 Å². The molecule has 0 saturated heterocycles. The molecule has 102 valence electrons. The van der Waals surface area contributed by atoms with Crippen molar-refractivity contribution < 1.29 is 4.79 Å². The molecule has 4 aromatic rings. The predicted octanol–water partition coefficient (Wildman–Crippen LogP) is 4.63. The second-order valence-electron chi connectivity index (χ2n) is 4.59. The number of hydrogen-bond donors (Lipinski definition) is 0. The highest BCUT2D eigenvalue weighted by Crippen LogP contribution is 2.36. The maximum Gasteiger partial charge on any atom is 0.153 e. The molecule has 1 aromatic carbocycles. The molecule has 0 radical (unpaired) electrons. The number of aromatic nitrogens is 2. The average Bonchev–Trinajstić information content (AvgIpc) is 3.21. The maximum absolute atomic E-state index is 11.4. The largest absolute Gasteiger partial charge is 0.298 e. The topological polar surface area (TPSA) is 34.9 Å². The summed E-state index contributed by atoms with van der Waals surface area (Å²) < 4.78 is 4.23. The summed E-state index contributed by atoms with van der Waals surface area (Å²) in [6, 6.07) is 14.0. The summed E-state index contributed by atoms with van der Waals surface area (Å²) in [4.78, 5) is 12.4. The van der Waals surface area contributed by atoms with Gasteiger partial charge in [0.2, 0.25) is 0 Å². The molecule has 4 rings (SSSR count). The molecule has 3 aromatic heterocycles. The van der Waals surface area contributed by atoms with Gasteiger partial charge in [-0.1, -0.05) is 18.2 Å². The van der Waals surface area contributed by atoms with Crippen LogP contribution < -0.4 is 0 Å². The van der Waals surface area contributed by atoms with Gasteiger partial charge in [0.15, 0.2) is 6.29 Å². The van der Waals surface area contributed by atoms with Crippen LogP contribution >= 0.6 is 22.7 Å². The zero-order valence-electron chi connectivity index (χ0n) is 10.9. The number of benzene rings is 1. The first-order valence-corrected chi connectivity index (χ1v) is 8.12. The maximum atomic E-state index is 11.4. The van der Waals surface area contributed by atoms with Crippen LogP contribution in [0.5, 0.6) is 0 Å². The van der Waals surface area contributed by atoms with E-state index >= 15 is 0 Å². The predicted molar refractivity (Wildman–Crippen MR) is 87.6 cm³/mol. The summed E-state index contributed by atoms with van der Waals surface area (Å²) in [6.45, 7) is 0. The third kappa shape index (κ3) is 2.11. The van der Waals surface area contributed by atoms with E-state index < -0.39 is 0 Å². The van der Waals surface area contributed by atoms with Gasteiger partial charge in [0.05, 0.1) is 16.1 Å². The third-order valence-corrected chi connectivity index (χ3v) is 5.36. The number of carbonyl (C=O) groups is 1. The summed E-state index contributed by atoms with van der Waals surface area (Å²) in [5, 5.41) is 6.67. The summed E-state index contributed by atoms with van der Waals surface area (Å²) >= 11 is 3.38. The minimum Gasteiger partial charge on any atom is -0.298 e. The van der Waals surface area contributed by atoms with E-state index in [2.05, 4.69) is 22.6 Å². The van der Waals surface area contributed by atoms with Crippen LogP contribution in [0.15, 0.2) is 54.0 Å². The van der Waals surface area contributed by atoms with Gasteiger partial charge in [-0.2, -0.15) is 5.10 Å². The molecule has 5 heteroatoms. The average molecular weight is 310 g/mol. The summed E-state index contributed by atoms with van der Waals surface area (Å²) in [5.41, 5.74) is 2.32. The van der Waals surface area contributed by atoms with Gasteiger partial charge in [-0.05, 0) is 29.6 Å². The van der Waals surface area contributed by atoms with Crippen LogP contribution in [0.2, 0.25) is 0 Å². The minimum atomic E-state index is 0.618. The van der Waals surface area contributed by atoms with Crippen LogP contribution in [-0.4, -0.2) is 16.1 Å². The molecule has 0 fully saturated rings. The number of nitrogens with zero attached hydrogens (tertiary/aromatic N) is 2. The minimum absolute atomic E-state index is 0.618. The second-order valence-corrected chi connectivity index (χ2v) is 6.62. The molecule has 0 unspecified atom stereocenters. The van der Waals surface area contributed by atoms with Gasteiger partial charge in [-0.15, -0.1) is 22.7 Å². The van der Waals surface area contributed by atoms with Crippen LogP contribution in [0.1, 0.15) is 10.4 Å². The fourth-order valence-corrected chi connectivity index (χ4v) is 4.38. The van der Waals surface area contributed by atoms with Crippen molar-refractivity contribution in [3.63, 3.8) is 0 Å². The van der Waals surface area contributed by atoms with Crippen LogP contribution in [0.3, 0.4) is 0 Å². The Hall–Kier alpha value is -2.24. The molecular formula is C16H10N2OS2. The number of rotatable bonds is 3. The van der Waals surface area contributed by atoms with Crippen molar-refractivity contribution in [1.82, 2.24) is 9.78 Å². The van der Waals surface area contributed by atoms with Gasteiger partial charge in [-0.25, -0.2) is 4.68 Å². The lowest BCUT2D eigenvalue weighted by molar-refractivity contribution is 0.112. The van der Waals surface area contributed by atoms with Crippen LogP contribution in [0.4, 0.5) is 0 Å². The number of thiophene rings is 2. The van der Waals surface area contributed by atoms with Crippen molar-refractivity contribution in [1.29, 1.82) is 0 Å². The molecule has 0 aliphatic carbocycles. The molecule has 0 amide bonds. The van der Waals surface area contributed by atoms with E-state index in [1.54, 1.807) is 33.6 Å². The Morgan fingerprint density at radius 3 is 2.71 bits per heavy atom. The Bertz CT molecular complexity index is 890. The molecule has 3 nitrogen and oxygen atoms in total. The van der Waals surface area contributed by atoms with E-state index in [1.807, 2.05) is 30.3 Å². The standard InChI is InChI=1S/C16H10N2OS2/c19-10-11-9-18(12-4-2-1-3-5-12)17-16(11)15-8-14-13(21-15)6-7-20-14/h1-10H. The zero-order valence-corrected chi connectivity index (χ0v) is 12.5. The van der Waals surface area contributed by atoms with Crippen molar-refractivity contribution >= 4 is 38.4 Å². The molecule has 0 atom stereocenters. The van der Waals surface area contributed by atoms with E-state index in [1.165, 1.54) is 9.40 Å². The normalized spacial score (nSPS) is 11.0. The molecular weight excluding hydrogens is 300 g/mol. The van der Waals surface area contributed by atoms with E-state index in [-0.39, 0.29) is 0 Å². The fraction of sp³-hybridized carbons (Fsp3) is 0. The molecule has 0 N–H and O–H groups in total. The van der Waals surface area contributed by atoms with Crippen LogP contribution in [0, 0.1) is 0 Å². The fourth-order valence-electron chi connectivity index (χ4n) is 2.26. The molecule has 0 aliphatic heterocycles. The van der Waals surface area contributed by atoms with Gasteiger partial charge in [0.25, 0.3) is 0 Å². The van der Waals surface area contributed by atoms with Crippen LogP contribution in [-0.2, 0) is 0 Å². The highest BCUT2D eigenvalue weighted by atomic mass is 32.1. The first-order chi connectivity index (χ1) is 10.3. The summed E-state index contributed by atoms with van der Waals surface area (Å²) in [7, 11) is 0. The van der Waals surface area contributed by atoms with Gasteiger partial charge in [0.1, 0.15) is 5.69 Å². The van der Waals surface area contributed by atoms with Gasteiger partial charge in [-0.3, -0.25) is 4.79 Å². The second kappa shape index (κ2) is 4.95. The van der Waals surface area contributed by atoms with Crippen molar-refractivity contribution in [2.24, 2.45) is 0 Å². The van der Waals surface area contributed by atoms with Gasteiger partial charge < -0.3 is 0 Å².